The summed E-state index contributed by atoms with van der Waals surface area (Å²) in [4.78, 5) is 13.4. The zero-order valence-electron chi connectivity index (χ0n) is 10.4. The van der Waals surface area contributed by atoms with Gasteiger partial charge in [-0.15, -0.1) is 0 Å². The molecular formula is C14H18FNO. The Labute approximate surface area is 101 Å². The summed E-state index contributed by atoms with van der Waals surface area (Å²) in [5.41, 5.74) is 0.400. The molecule has 1 fully saturated rings. The van der Waals surface area contributed by atoms with Crippen LogP contribution in [0.4, 0.5) is 4.39 Å². The Morgan fingerprint density at radius 3 is 2.29 bits per heavy atom. The summed E-state index contributed by atoms with van der Waals surface area (Å²) in [7, 11) is 3.92. The number of hydrogen-bond donors (Lipinski definition) is 0. The Morgan fingerprint density at radius 2 is 1.76 bits per heavy atom. The molecule has 17 heavy (non-hydrogen) atoms. The van der Waals surface area contributed by atoms with Gasteiger partial charge in [0.05, 0.1) is 0 Å². The standard InChI is InChI=1S/C14H18FNO/c1-16(2)14(9-7-11(17)8-10-14)12-5-3-4-6-13(12)15/h3-6H,7-10H2,1-2H3. The predicted octanol–water partition coefficient (Wildman–Crippen LogP) is 2.73. The quantitative estimate of drug-likeness (QED) is 0.785. The highest BCUT2D eigenvalue weighted by molar-refractivity contribution is 5.79. The second kappa shape index (κ2) is 4.57. The van der Waals surface area contributed by atoms with Crippen molar-refractivity contribution in [1.29, 1.82) is 0 Å². The molecule has 1 aromatic rings. The fourth-order valence-corrected chi connectivity index (χ4v) is 2.74. The summed E-state index contributed by atoms with van der Waals surface area (Å²) in [6.07, 6.45) is 2.51. The van der Waals surface area contributed by atoms with E-state index in [-0.39, 0.29) is 11.4 Å². The van der Waals surface area contributed by atoms with Crippen molar-refractivity contribution in [2.75, 3.05) is 14.1 Å². The van der Waals surface area contributed by atoms with E-state index in [0.717, 1.165) is 5.56 Å². The number of hydrogen-bond acceptors (Lipinski definition) is 2. The van der Waals surface area contributed by atoms with Gasteiger partial charge in [-0.1, -0.05) is 18.2 Å². The van der Waals surface area contributed by atoms with Crippen molar-refractivity contribution in [2.45, 2.75) is 31.2 Å². The summed E-state index contributed by atoms with van der Waals surface area (Å²) in [5.74, 6) is 0.120. The minimum Gasteiger partial charge on any atom is -0.300 e. The molecule has 1 aromatic carbocycles. The Kier molecular flexibility index (Phi) is 3.29. The monoisotopic (exact) mass is 235 g/mol. The van der Waals surface area contributed by atoms with E-state index in [4.69, 9.17) is 0 Å². The lowest BCUT2D eigenvalue weighted by Gasteiger charge is -2.43. The van der Waals surface area contributed by atoms with Gasteiger partial charge in [0.2, 0.25) is 0 Å². The van der Waals surface area contributed by atoms with Gasteiger partial charge in [0.1, 0.15) is 11.6 Å². The SMILES string of the molecule is CN(C)C1(c2ccccc2F)CCC(=O)CC1. The van der Waals surface area contributed by atoms with E-state index in [1.54, 1.807) is 6.07 Å². The van der Waals surface area contributed by atoms with Crippen LogP contribution in [0.1, 0.15) is 31.2 Å². The molecule has 0 bridgehead atoms. The third-order valence-corrected chi connectivity index (χ3v) is 3.87. The maximum absolute atomic E-state index is 14.0. The first-order chi connectivity index (χ1) is 8.06. The molecule has 1 saturated carbocycles. The van der Waals surface area contributed by atoms with Gasteiger partial charge in [0.15, 0.2) is 0 Å². The Morgan fingerprint density at radius 1 is 1.18 bits per heavy atom. The summed E-state index contributed by atoms with van der Waals surface area (Å²) in [6, 6.07) is 6.90. The van der Waals surface area contributed by atoms with Crippen LogP contribution in [0.25, 0.3) is 0 Å². The van der Waals surface area contributed by atoms with Gasteiger partial charge in [0, 0.05) is 23.9 Å². The predicted molar refractivity (Wildman–Crippen MR) is 65.2 cm³/mol. The zero-order chi connectivity index (χ0) is 12.5. The van der Waals surface area contributed by atoms with Crippen molar-refractivity contribution in [2.24, 2.45) is 0 Å². The molecule has 0 spiro atoms. The van der Waals surface area contributed by atoms with Crippen LogP contribution >= 0.6 is 0 Å². The van der Waals surface area contributed by atoms with E-state index >= 15 is 0 Å². The van der Waals surface area contributed by atoms with Gasteiger partial charge >= 0.3 is 0 Å². The van der Waals surface area contributed by atoms with Gasteiger partial charge < -0.3 is 0 Å². The number of nitrogens with zero attached hydrogens (tertiary/aromatic N) is 1. The van der Waals surface area contributed by atoms with Gasteiger partial charge in [-0.3, -0.25) is 9.69 Å². The second-order valence-corrected chi connectivity index (χ2v) is 4.94. The highest BCUT2D eigenvalue weighted by atomic mass is 19.1. The molecule has 0 N–H and O–H groups in total. The summed E-state index contributed by atoms with van der Waals surface area (Å²) >= 11 is 0. The molecule has 0 saturated heterocycles. The van der Waals surface area contributed by atoms with E-state index in [1.807, 2.05) is 26.2 Å². The first-order valence-corrected chi connectivity index (χ1v) is 6.00. The number of halogens is 1. The average molecular weight is 235 g/mol. The first-order valence-electron chi connectivity index (χ1n) is 6.00. The Balaban J connectivity index is 2.42. The summed E-state index contributed by atoms with van der Waals surface area (Å²) in [6.45, 7) is 0. The minimum atomic E-state index is -0.320. The average Bonchev–Trinajstić information content (AvgIpc) is 2.31. The van der Waals surface area contributed by atoms with Crippen molar-refractivity contribution in [3.05, 3.63) is 35.6 Å². The minimum absolute atomic E-state index is 0.171. The number of carbonyl (C=O) groups excluding carboxylic acids is 1. The molecule has 0 aliphatic heterocycles. The van der Waals surface area contributed by atoms with Gasteiger partial charge in [-0.05, 0) is 33.0 Å². The molecule has 1 aliphatic carbocycles. The molecular weight excluding hydrogens is 217 g/mol. The molecule has 0 heterocycles. The maximum Gasteiger partial charge on any atom is 0.133 e. The molecule has 0 radical (unpaired) electrons. The number of carbonyl (C=O) groups is 1. The molecule has 0 atom stereocenters. The lowest BCUT2D eigenvalue weighted by molar-refractivity contribution is -0.122. The summed E-state index contributed by atoms with van der Waals surface area (Å²) < 4.78 is 14.0. The smallest absolute Gasteiger partial charge is 0.133 e. The lowest BCUT2D eigenvalue weighted by Crippen LogP contribution is -2.45. The van der Waals surface area contributed by atoms with E-state index in [1.165, 1.54) is 6.07 Å². The topological polar surface area (TPSA) is 20.3 Å². The Hall–Kier alpha value is -1.22. The van der Waals surface area contributed by atoms with E-state index in [0.29, 0.717) is 31.5 Å². The molecule has 2 nitrogen and oxygen atoms in total. The number of ketones is 1. The zero-order valence-corrected chi connectivity index (χ0v) is 10.4. The van der Waals surface area contributed by atoms with Crippen LogP contribution in [-0.4, -0.2) is 24.8 Å². The molecule has 2 rings (SSSR count). The highest BCUT2D eigenvalue weighted by Crippen LogP contribution is 2.40. The van der Waals surface area contributed by atoms with Gasteiger partial charge in [0.25, 0.3) is 0 Å². The number of rotatable bonds is 2. The molecule has 0 amide bonds. The third kappa shape index (κ3) is 2.12. The van der Waals surface area contributed by atoms with Gasteiger partial charge in [-0.25, -0.2) is 4.39 Å². The van der Waals surface area contributed by atoms with Crippen LogP contribution in [0.15, 0.2) is 24.3 Å². The maximum atomic E-state index is 14.0. The fourth-order valence-electron chi connectivity index (χ4n) is 2.74. The largest absolute Gasteiger partial charge is 0.300 e. The van der Waals surface area contributed by atoms with Crippen molar-refractivity contribution < 1.29 is 9.18 Å². The third-order valence-electron chi connectivity index (χ3n) is 3.87. The Bertz CT molecular complexity index is 418. The first kappa shape index (κ1) is 12.2. The van der Waals surface area contributed by atoms with Crippen LogP contribution in [0.2, 0.25) is 0 Å². The normalized spacial score (nSPS) is 19.6. The number of benzene rings is 1. The van der Waals surface area contributed by atoms with Crippen LogP contribution < -0.4 is 0 Å². The second-order valence-electron chi connectivity index (χ2n) is 4.94. The molecule has 92 valence electrons. The number of Topliss-reactive ketones (excluding diaryl/α,β-unsaturated/α-hetero) is 1. The van der Waals surface area contributed by atoms with Crippen molar-refractivity contribution in [3.63, 3.8) is 0 Å². The van der Waals surface area contributed by atoms with E-state index in [9.17, 15) is 9.18 Å². The summed E-state index contributed by atoms with van der Waals surface area (Å²) in [5, 5.41) is 0. The van der Waals surface area contributed by atoms with Crippen molar-refractivity contribution >= 4 is 5.78 Å². The highest BCUT2D eigenvalue weighted by Gasteiger charge is 2.39. The lowest BCUT2D eigenvalue weighted by atomic mass is 9.75. The van der Waals surface area contributed by atoms with Crippen LogP contribution in [0.3, 0.4) is 0 Å². The van der Waals surface area contributed by atoms with Crippen LogP contribution in [-0.2, 0) is 10.3 Å². The van der Waals surface area contributed by atoms with Crippen LogP contribution in [0.5, 0.6) is 0 Å². The molecule has 0 unspecified atom stereocenters. The molecule has 0 aromatic heterocycles. The van der Waals surface area contributed by atoms with Gasteiger partial charge in [-0.2, -0.15) is 0 Å². The fraction of sp³-hybridized carbons (Fsp3) is 0.500. The van der Waals surface area contributed by atoms with E-state index < -0.39 is 0 Å². The van der Waals surface area contributed by atoms with Crippen LogP contribution in [0, 0.1) is 5.82 Å². The molecule has 1 aliphatic rings. The van der Waals surface area contributed by atoms with Crippen molar-refractivity contribution in [3.8, 4) is 0 Å². The van der Waals surface area contributed by atoms with E-state index in [2.05, 4.69) is 4.90 Å². The van der Waals surface area contributed by atoms with Crippen molar-refractivity contribution in [1.82, 2.24) is 4.90 Å². The molecule has 3 heteroatoms.